The van der Waals surface area contributed by atoms with Gasteiger partial charge in [-0.15, -0.1) is 0 Å². The maximum absolute atomic E-state index is 4.13. The molecule has 1 aliphatic heterocycles. The molecule has 0 aromatic heterocycles. The molecule has 0 atom stereocenters. The van der Waals surface area contributed by atoms with Crippen LogP contribution in [-0.2, 0) is 13.1 Å². The second-order valence-electron chi connectivity index (χ2n) is 5.69. The summed E-state index contributed by atoms with van der Waals surface area (Å²) in [6.07, 6.45) is 5.48. The molecule has 0 spiro atoms. The number of aliphatic imine (C=N–C) groups is 1. The number of nitrogens with zero attached hydrogens (tertiary/aromatic N) is 2. The van der Waals surface area contributed by atoms with Gasteiger partial charge in [0.1, 0.15) is 0 Å². The van der Waals surface area contributed by atoms with Crippen LogP contribution in [0.3, 0.4) is 0 Å². The fourth-order valence-corrected chi connectivity index (χ4v) is 2.86. The maximum Gasteiger partial charge on any atom is 0.190 e. The van der Waals surface area contributed by atoms with Gasteiger partial charge in [0.15, 0.2) is 5.96 Å². The third kappa shape index (κ3) is 5.38. The van der Waals surface area contributed by atoms with Crippen LogP contribution >= 0.6 is 0 Å². The van der Waals surface area contributed by atoms with E-state index in [2.05, 4.69) is 44.8 Å². The van der Waals surface area contributed by atoms with E-state index in [1.165, 1.54) is 49.9 Å². The number of hydrogen-bond donors (Lipinski definition) is 2. The van der Waals surface area contributed by atoms with Gasteiger partial charge in [-0.3, -0.25) is 9.89 Å². The van der Waals surface area contributed by atoms with Gasteiger partial charge < -0.3 is 10.6 Å². The lowest BCUT2D eigenvalue weighted by atomic mass is 10.1. The maximum atomic E-state index is 4.13. The molecule has 1 aliphatic rings. The van der Waals surface area contributed by atoms with Crippen molar-refractivity contribution in [2.45, 2.75) is 38.8 Å². The quantitative estimate of drug-likeness (QED) is 0.660. The van der Waals surface area contributed by atoms with E-state index in [-0.39, 0.29) is 0 Å². The molecule has 0 radical (unpaired) electrons. The third-order valence-corrected chi connectivity index (χ3v) is 4.02. The fourth-order valence-electron chi connectivity index (χ4n) is 2.86. The van der Waals surface area contributed by atoms with Gasteiger partial charge >= 0.3 is 0 Å². The van der Waals surface area contributed by atoms with Gasteiger partial charge in [0.25, 0.3) is 0 Å². The fraction of sp³-hybridized carbons (Fsp3) is 0.588. The van der Waals surface area contributed by atoms with Gasteiger partial charge in [0, 0.05) is 27.2 Å². The van der Waals surface area contributed by atoms with Crippen molar-refractivity contribution in [2.24, 2.45) is 4.99 Å². The van der Waals surface area contributed by atoms with Crippen molar-refractivity contribution in [2.75, 3.05) is 27.2 Å². The lowest BCUT2D eigenvalue weighted by Crippen LogP contribution is -2.34. The first kappa shape index (κ1) is 15.8. The molecule has 1 aromatic carbocycles. The SMILES string of the molecule is CN=C(NC)NCc1cccc(CN2CCCCCC2)c1. The van der Waals surface area contributed by atoms with Crippen LogP contribution in [0, 0.1) is 0 Å². The minimum Gasteiger partial charge on any atom is -0.359 e. The Morgan fingerprint density at radius 1 is 1.14 bits per heavy atom. The van der Waals surface area contributed by atoms with Crippen LogP contribution in [0.2, 0.25) is 0 Å². The van der Waals surface area contributed by atoms with Gasteiger partial charge in [0.05, 0.1) is 0 Å². The number of guanidine groups is 1. The molecule has 0 unspecified atom stereocenters. The largest absolute Gasteiger partial charge is 0.359 e. The summed E-state index contributed by atoms with van der Waals surface area (Å²) in [6, 6.07) is 8.87. The number of hydrogen-bond acceptors (Lipinski definition) is 2. The molecule has 21 heavy (non-hydrogen) atoms. The first-order valence-electron chi connectivity index (χ1n) is 8.00. The van der Waals surface area contributed by atoms with Gasteiger partial charge in [0.2, 0.25) is 0 Å². The van der Waals surface area contributed by atoms with Gasteiger partial charge in [-0.05, 0) is 37.1 Å². The minimum absolute atomic E-state index is 0.807. The van der Waals surface area contributed by atoms with E-state index >= 15 is 0 Å². The summed E-state index contributed by atoms with van der Waals surface area (Å²) >= 11 is 0. The summed E-state index contributed by atoms with van der Waals surface area (Å²) < 4.78 is 0. The molecule has 4 nitrogen and oxygen atoms in total. The smallest absolute Gasteiger partial charge is 0.190 e. The van der Waals surface area contributed by atoms with E-state index in [9.17, 15) is 0 Å². The Bertz CT molecular complexity index is 448. The van der Waals surface area contributed by atoms with Crippen LogP contribution in [0.5, 0.6) is 0 Å². The normalized spacial score (nSPS) is 17.3. The Labute approximate surface area is 128 Å². The predicted molar refractivity (Wildman–Crippen MR) is 89.4 cm³/mol. The lowest BCUT2D eigenvalue weighted by molar-refractivity contribution is 0.277. The Balaban J connectivity index is 1.90. The summed E-state index contributed by atoms with van der Waals surface area (Å²) in [6.45, 7) is 4.37. The van der Waals surface area contributed by atoms with Gasteiger partial charge in [-0.1, -0.05) is 37.1 Å². The molecule has 0 aliphatic carbocycles. The Kier molecular flexibility index (Phi) is 6.54. The molecule has 1 fully saturated rings. The van der Waals surface area contributed by atoms with E-state index < -0.39 is 0 Å². The van der Waals surface area contributed by atoms with Gasteiger partial charge in [-0.2, -0.15) is 0 Å². The van der Waals surface area contributed by atoms with Crippen LogP contribution in [0.1, 0.15) is 36.8 Å². The first-order chi connectivity index (χ1) is 10.3. The van der Waals surface area contributed by atoms with Crippen LogP contribution in [0.15, 0.2) is 29.3 Å². The van der Waals surface area contributed by atoms with Crippen molar-refractivity contribution in [1.29, 1.82) is 0 Å². The van der Waals surface area contributed by atoms with Crippen LogP contribution < -0.4 is 10.6 Å². The zero-order valence-corrected chi connectivity index (χ0v) is 13.4. The Morgan fingerprint density at radius 3 is 2.52 bits per heavy atom. The molecule has 1 saturated heterocycles. The second-order valence-corrected chi connectivity index (χ2v) is 5.69. The number of nitrogens with one attached hydrogen (secondary N) is 2. The highest BCUT2D eigenvalue weighted by molar-refractivity contribution is 5.79. The van der Waals surface area contributed by atoms with Crippen molar-refractivity contribution < 1.29 is 0 Å². The van der Waals surface area contributed by atoms with Crippen LogP contribution in [0.4, 0.5) is 0 Å². The molecular formula is C17H28N4. The molecular weight excluding hydrogens is 260 g/mol. The molecule has 0 bridgehead atoms. The average molecular weight is 288 g/mol. The molecule has 4 heteroatoms. The predicted octanol–water partition coefficient (Wildman–Crippen LogP) is 2.36. The first-order valence-corrected chi connectivity index (χ1v) is 8.00. The zero-order valence-electron chi connectivity index (χ0n) is 13.4. The van der Waals surface area contributed by atoms with E-state index in [0.717, 1.165) is 19.0 Å². The van der Waals surface area contributed by atoms with Gasteiger partial charge in [-0.25, -0.2) is 0 Å². The molecule has 1 aromatic rings. The summed E-state index contributed by atoms with van der Waals surface area (Å²) in [7, 11) is 3.67. The van der Waals surface area contributed by atoms with Crippen molar-refractivity contribution in [3.05, 3.63) is 35.4 Å². The summed E-state index contributed by atoms with van der Waals surface area (Å²) in [5.74, 6) is 0.827. The van der Waals surface area contributed by atoms with E-state index in [0.29, 0.717) is 0 Å². The minimum atomic E-state index is 0.807. The molecule has 2 N–H and O–H groups in total. The van der Waals surface area contributed by atoms with Crippen molar-refractivity contribution >= 4 is 5.96 Å². The highest BCUT2D eigenvalue weighted by atomic mass is 15.1. The monoisotopic (exact) mass is 288 g/mol. The van der Waals surface area contributed by atoms with Crippen LogP contribution in [0.25, 0.3) is 0 Å². The number of rotatable bonds is 4. The van der Waals surface area contributed by atoms with Crippen molar-refractivity contribution in [3.63, 3.8) is 0 Å². The van der Waals surface area contributed by atoms with E-state index in [1.54, 1.807) is 7.05 Å². The summed E-state index contributed by atoms with van der Waals surface area (Å²) in [5, 5.41) is 6.34. The summed E-state index contributed by atoms with van der Waals surface area (Å²) in [5.41, 5.74) is 2.72. The topological polar surface area (TPSA) is 39.7 Å². The van der Waals surface area contributed by atoms with Crippen molar-refractivity contribution in [3.8, 4) is 0 Å². The van der Waals surface area contributed by atoms with Crippen LogP contribution in [-0.4, -0.2) is 38.0 Å². The Morgan fingerprint density at radius 2 is 1.86 bits per heavy atom. The molecule has 0 amide bonds. The number of likely N-dealkylation sites (tertiary alicyclic amines) is 1. The highest BCUT2D eigenvalue weighted by Gasteiger charge is 2.09. The van der Waals surface area contributed by atoms with E-state index in [1.807, 2.05) is 7.05 Å². The standard InChI is InChI=1S/C17H28N4/c1-18-17(19-2)20-13-15-8-7-9-16(12-15)14-21-10-5-3-4-6-11-21/h7-9,12H,3-6,10-11,13-14H2,1-2H3,(H2,18,19,20). The second kappa shape index (κ2) is 8.67. The average Bonchev–Trinajstić information content (AvgIpc) is 2.77. The molecule has 2 rings (SSSR count). The highest BCUT2D eigenvalue weighted by Crippen LogP contribution is 2.14. The van der Waals surface area contributed by atoms with Crippen molar-refractivity contribution in [1.82, 2.24) is 15.5 Å². The zero-order chi connectivity index (χ0) is 14.9. The summed E-state index contributed by atoms with van der Waals surface area (Å²) in [4.78, 5) is 6.72. The number of benzene rings is 1. The third-order valence-electron chi connectivity index (χ3n) is 4.02. The van der Waals surface area contributed by atoms with E-state index in [4.69, 9.17) is 0 Å². The molecule has 1 heterocycles. The lowest BCUT2D eigenvalue weighted by Gasteiger charge is -2.20. The molecule has 116 valence electrons. The Hall–Kier alpha value is -1.55. The molecule has 0 saturated carbocycles.